The predicted octanol–water partition coefficient (Wildman–Crippen LogP) is 2.57. The number of nitrogen functional groups attached to an aromatic ring is 1. The van der Waals surface area contributed by atoms with E-state index in [0.29, 0.717) is 11.4 Å². The van der Waals surface area contributed by atoms with E-state index in [-0.39, 0.29) is 5.56 Å². The molecule has 0 saturated heterocycles. The third kappa shape index (κ3) is 3.15. The van der Waals surface area contributed by atoms with Gasteiger partial charge in [0.1, 0.15) is 0 Å². The maximum Gasteiger partial charge on any atom is 0.337 e. The summed E-state index contributed by atoms with van der Waals surface area (Å²) in [6.45, 7) is 2.88. The van der Waals surface area contributed by atoms with Crippen molar-refractivity contribution in [3.63, 3.8) is 0 Å². The molecule has 0 aliphatic rings. The van der Waals surface area contributed by atoms with Crippen molar-refractivity contribution < 1.29 is 9.90 Å². The van der Waals surface area contributed by atoms with Crippen LogP contribution in [-0.2, 0) is 0 Å². The predicted molar refractivity (Wildman–Crippen MR) is 65.8 cm³/mol. The highest BCUT2D eigenvalue weighted by atomic mass is 16.4. The number of benzene rings is 1. The lowest BCUT2D eigenvalue weighted by molar-refractivity contribution is 0.0698. The van der Waals surface area contributed by atoms with E-state index in [4.69, 9.17) is 10.8 Å². The fraction of sp³-hybridized carbons (Fsp3) is 0.417. The molecule has 0 amide bonds. The van der Waals surface area contributed by atoms with Gasteiger partial charge in [-0.3, -0.25) is 0 Å². The van der Waals surface area contributed by atoms with Crippen molar-refractivity contribution in [3.8, 4) is 0 Å². The van der Waals surface area contributed by atoms with Crippen LogP contribution >= 0.6 is 0 Å². The topological polar surface area (TPSA) is 75.3 Å². The number of para-hydroxylation sites is 1. The molecule has 4 nitrogen and oxygen atoms in total. The molecular formula is C12H18N2O2. The zero-order chi connectivity index (χ0) is 12.0. The Bertz CT molecular complexity index is 364. The third-order valence-electron chi connectivity index (χ3n) is 2.41. The molecule has 0 spiro atoms. The van der Waals surface area contributed by atoms with Gasteiger partial charge in [0.05, 0.1) is 16.9 Å². The lowest BCUT2D eigenvalue weighted by Crippen LogP contribution is -2.10. The van der Waals surface area contributed by atoms with Crippen molar-refractivity contribution in [1.29, 1.82) is 0 Å². The van der Waals surface area contributed by atoms with Crippen LogP contribution < -0.4 is 11.1 Å². The summed E-state index contributed by atoms with van der Waals surface area (Å²) < 4.78 is 0. The first-order valence-electron chi connectivity index (χ1n) is 5.52. The summed E-state index contributed by atoms with van der Waals surface area (Å²) in [5.41, 5.74) is 7.00. The van der Waals surface area contributed by atoms with Crippen molar-refractivity contribution >= 4 is 17.3 Å². The van der Waals surface area contributed by atoms with Gasteiger partial charge in [0.25, 0.3) is 0 Å². The second-order valence-electron chi connectivity index (χ2n) is 3.71. The maximum absolute atomic E-state index is 11.0. The van der Waals surface area contributed by atoms with Crippen LogP contribution in [0.15, 0.2) is 18.2 Å². The molecule has 1 rings (SSSR count). The number of nitrogens with two attached hydrogens (primary N) is 1. The summed E-state index contributed by atoms with van der Waals surface area (Å²) in [4.78, 5) is 11.0. The van der Waals surface area contributed by atoms with Crippen LogP contribution in [0.2, 0.25) is 0 Å². The van der Waals surface area contributed by atoms with Crippen LogP contribution in [0.25, 0.3) is 0 Å². The van der Waals surface area contributed by atoms with Gasteiger partial charge in [0.2, 0.25) is 0 Å². The van der Waals surface area contributed by atoms with E-state index in [2.05, 4.69) is 12.2 Å². The van der Waals surface area contributed by atoms with Crippen LogP contribution in [-0.4, -0.2) is 17.6 Å². The Hall–Kier alpha value is -1.71. The number of carbonyl (C=O) groups is 1. The molecule has 0 aromatic heterocycles. The van der Waals surface area contributed by atoms with Crippen LogP contribution in [0, 0.1) is 0 Å². The molecule has 0 bridgehead atoms. The van der Waals surface area contributed by atoms with Gasteiger partial charge in [0.15, 0.2) is 0 Å². The minimum absolute atomic E-state index is 0.233. The standard InChI is InChI=1S/C12H18N2O2/c1-2-3-4-8-14-11-9(12(15)16)6-5-7-10(11)13/h5-7,14H,2-4,8,13H2,1H3,(H,15,16). The summed E-state index contributed by atoms with van der Waals surface area (Å²) >= 11 is 0. The number of unbranched alkanes of at least 4 members (excludes halogenated alkanes) is 2. The van der Waals surface area contributed by atoms with Gasteiger partial charge in [-0.2, -0.15) is 0 Å². The molecule has 88 valence electrons. The van der Waals surface area contributed by atoms with Crippen LogP contribution in [0.1, 0.15) is 36.5 Å². The highest BCUT2D eigenvalue weighted by molar-refractivity contribution is 5.97. The van der Waals surface area contributed by atoms with Gasteiger partial charge in [0, 0.05) is 6.54 Å². The molecule has 1 aromatic rings. The monoisotopic (exact) mass is 222 g/mol. The number of carboxylic acid groups (broad SMARTS) is 1. The molecule has 1 aromatic carbocycles. The van der Waals surface area contributed by atoms with Crippen LogP contribution in [0.4, 0.5) is 11.4 Å². The summed E-state index contributed by atoms with van der Waals surface area (Å²) in [5.74, 6) is -0.953. The second-order valence-corrected chi connectivity index (χ2v) is 3.71. The maximum atomic E-state index is 11.0. The Morgan fingerprint density at radius 3 is 2.81 bits per heavy atom. The first kappa shape index (κ1) is 12.4. The highest BCUT2D eigenvalue weighted by Crippen LogP contribution is 2.23. The minimum atomic E-state index is -0.953. The van der Waals surface area contributed by atoms with Crippen molar-refractivity contribution in [1.82, 2.24) is 0 Å². The molecular weight excluding hydrogens is 204 g/mol. The normalized spacial score (nSPS) is 10.1. The lowest BCUT2D eigenvalue weighted by Gasteiger charge is -2.11. The lowest BCUT2D eigenvalue weighted by atomic mass is 10.1. The van der Waals surface area contributed by atoms with Crippen LogP contribution in [0.3, 0.4) is 0 Å². The Morgan fingerprint density at radius 2 is 2.19 bits per heavy atom. The van der Waals surface area contributed by atoms with Crippen LogP contribution in [0.5, 0.6) is 0 Å². The molecule has 0 aliphatic carbocycles. The molecule has 16 heavy (non-hydrogen) atoms. The molecule has 0 atom stereocenters. The van der Waals surface area contributed by atoms with Gasteiger partial charge in [-0.05, 0) is 18.6 Å². The minimum Gasteiger partial charge on any atom is -0.478 e. The largest absolute Gasteiger partial charge is 0.478 e. The first-order valence-corrected chi connectivity index (χ1v) is 5.52. The van der Waals surface area contributed by atoms with E-state index in [1.807, 2.05) is 0 Å². The van der Waals surface area contributed by atoms with Crippen molar-refractivity contribution in [2.75, 3.05) is 17.6 Å². The summed E-state index contributed by atoms with van der Waals surface area (Å²) in [5, 5.41) is 12.1. The van der Waals surface area contributed by atoms with Gasteiger partial charge in [-0.15, -0.1) is 0 Å². The average molecular weight is 222 g/mol. The number of hydrogen-bond acceptors (Lipinski definition) is 3. The molecule has 0 heterocycles. The van der Waals surface area contributed by atoms with E-state index in [9.17, 15) is 4.79 Å². The quantitative estimate of drug-likeness (QED) is 0.510. The Kier molecular flexibility index (Phi) is 4.64. The Morgan fingerprint density at radius 1 is 1.44 bits per heavy atom. The Labute approximate surface area is 95.5 Å². The fourth-order valence-corrected chi connectivity index (χ4v) is 1.53. The number of nitrogens with one attached hydrogen (secondary N) is 1. The number of aromatic carboxylic acids is 1. The van der Waals surface area contributed by atoms with Gasteiger partial charge < -0.3 is 16.2 Å². The zero-order valence-electron chi connectivity index (χ0n) is 9.49. The first-order chi connectivity index (χ1) is 7.66. The third-order valence-corrected chi connectivity index (χ3v) is 2.41. The van der Waals surface area contributed by atoms with Crippen molar-refractivity contribution in [3.05, 3.63) is 23.8 Å². The summed E-state index contributed by atoms with van der Waals surface area (Å²) in [7, 11) is 0. The van der Waals surface area contributed by atoms with E-state index < -0.39 is 5.97 Å². The smallest absolute Gasteiger partial charge is 0.337 e. The van der Waals surface area contributed by atoms with Gasteiger partial charge in [-0.25, -0.2) is 4.79 Å². The Balaban J connectivity index is 2.73. The van der Waals surface area contributed by atoms with Crippen molar-refractivity contribution in [2.24, 2.45) is 0 Å². The van der Waals surface area contributed by atoms with E-state index in [1.54, 1.807) is 18.2 Å². The average Bonchev–Trinajstić information content (AvgIpc) is 2.25. The number of hydrogen-bond donors (Lipinski definition) is 3. The number of rotatable bonds is 6. The molecule has 4 N–H and O–H groups in total. The zero-order valence-corrected chi connectivity index (χ0v) is 9.49. The van der Waals surface area contributed by atoms with Gasteiger partial charge >= 0.3 is 5.97 Å². The molecule has 0 unspecified atom stereocenters. The van der Waals surface area contributed by atoms with Gasteiger partial charge in [-0.1, -0.05) is 25.8 Å². The molecule has 4 heteroatoms. The van der Waals surface area contributed by atoms with E-state index >= 15 is 0 Å². The summed E-state index contributed by atoms with van der Waals surface area (Å²) in [6, 6.07) is 4.91. The molecule has 0 saturated carbocycles. The number of anilines is 2. The summed E-state index contributed by atoms with van der Waals surface area (Å²) in [6.07, 6.45) is 3.28. The number of carboxylic acids is 1. The van der Waals surface area contributed by atoms with E-state index in [1.165, 1.54) is 0 Å². The fourth-order valence-electron chi connectivity index (χ4n) is 1.53. The molecule has 0 radical (unpaired) electrons. The molecule has 0 fully saturated rings. The highest BCUT2D eigenvalue weighted by Gasteiger charge is 2.11. The SMILES string of the molecule is CCCCCNc1c(N)cccc1C(=O)O. The van der Waals surface area contributed by atoms with E-state index in [0.717, 1.165) is 25.8 Å². The second kappa shape index (κ2) is 6.00. The molecule has 0 aliphatic heterocycles. The van der Waals surface area contributed by atoms with Crippen molar-refractivity contribution in [2.45, 2.75) is 26.2 Å².